The second-order valence-electron chi connectivity index (χ2n) is 15.6. The van der Waals surface area contributed by atoms with E-state index in [0.717, 1.165) is 36.3 Å². The molecule has 0 saturated heterocycles. The summed E-state index contributed by atoms with van der Waals surface area (Å²) in [5.41, 5.74) is 3.91. The van der Waals surface area contributed by atoms with E-state index < -0.39 is 0 Å². The highest BCUT2D eigenvalue weighted by molar-refractivity contribution is 5.91. The zero-order chi connectivity index (χ0) is 38.3. The lowest BCUT2D eigenvalue weighted by Gasteiger charge is -2.14. The van der Waals surface area contributed by atoms with Gasteiger partial charge in [0.05, 0.1) is 18.3 Å². The Morgan fingerprint density at radius 2 is 0.815 bits per heavy atom. The van der Waals surface area contributed by atoms with Crippen LogP contribution in [-0.2, 0) is 4.74 Å². The highest BCUT2D eigenvalue weighted by Crippen LogP contribution is 2.26. The smallest absolute Gasteiger partial charge is 0.343 e. The molecule has 0 bridgehead atoms. The van der Waals surface area contributed by atoms with Gasteiger partial charge in [-0.2, -0.15) is 0 Å². The molecule has 0 aromatic heterocycles. The molecule has 1 unspecified atom stereocenters. The van der Waals surface area contributed by atoms with Crippen LogP contribution in [0, 0.1) is 0 Å². The van der Waals surface area contributed by atoms with E-state index in [1.165, 1.54) is 153 Å². The van der Waals surface area contributed by atoms with Gasteiger partial charge >= 0.3 is 5.97 Å². The molecule has 0 heterocycles. The van der Waals surface area contributed by atoms with Crippen molar-refractivity contribution in [2.45, 2.75) is 187 Å². The largest absolute Gasteiger partial charge is 0.494 e. The monoisotopic (exact) mass is 741 g/mol. The number of hydrogen-bond acceptors (Lipinski definition) is 4. The van der Waals surface area contributed by atoms with Gasteiger partial charge in [0, 0.05) is 6.61 Å². The summed E-state index contributed by atoms with van der Waals surface area (Å²) in [6.07, 6.45) is 33.9. The zero-order valence-electron chi connectivity index (χ0n) is 34.7. The van der Waals surface area contributed by atoms with E-state index in [9.17, 15) is 4.79 Å². The van der Waals surface area contributed by atoms with Crippen LogP contribution in [0.15, 0.2) is 72.8 Å². The number of carbonyl (C=O) groups excluding carboxylic acids is 1. The summed E-state index contributed by atoms with van der Waals surface area (Å²) in [5, 5.41) is 0. The topological polar surface area (TPSA) is 44.8 Å². The van der Waals surface area contributed by atoms with Gasteiger partial charge in [-0.1, -0.05) is 198 Å². The SMILES string of the molecule is CCCCCCCCCCCCCCCCCCCCOC(C)c1ccc(-c2ccc(OC(=O)c3ccc(OCCCCCCCCC)cc3)cc2)cc1. The second kappa shape index (κ2) is 30.2. The van der Waals surface area contributed by atoms with Crippen LogP contribution in [0.1, 0.15) is 203 Å². The van der Waals surface area contributed by atoms with Gasteiger partial charge in [0.2, 0.25) is 0 Å². The fourth-order valence-corrected chi connectivity index (χ4v) is 7.12. The van der Waals surface area contributed by atoms with Gasteiger partial charge in [-0.05, 0) is 72.9 Å². The molecule has 0 amide bonds. The molecule has 0 fully saturated rings. The first-order valence-corrected chi connectivity index (χ1v) is 22.4. The minimum atomic E-state index is -0.371. The van der Waals surface area contributed by atoms with Crippen LogP contribution in [0.2, 0.25) is 0 Å². The van der Waals surface area contributed by atoms with Crippen LogP contribution in [0.5, 0.6) is 11.5 Å². The van der Waals surface area contributed by atoms with Crippen molar-refractivity contribution in [3.63, 3.8) is 0 Å². The Morgan fingerprint density at radius 1 is 0.444 bits per heavy atom. The Kier molecular flexibility index (Phi) is 25.3. The standard InChI is InChI=1S/C50H76O4/c1-4-6-8-10-12-13-14-15-16-17-18-19-20-21-22-24-25-27-41-52-43(3)44-29-31-45(32-30-44)46-33-39-49(40-34-46)54-50(51)47-35-37-48(38-36-47)53-42-28-26-23-11-9-7-5-2/h29-40,43H,4-28,41-42H2,1-3H3. The highest BCUT2D eigenvalue weighted by Gasteiger charge is 2.10. The summed E-state index contributed by atoms with van der Waals surface area (Å²) in [6, 6.07) is 23.5. The molecule has 3 rings (SSSR count). The average molecular weight is 741 g/mol. The van der Waals surface area contributed by atoms with Gasteiger partial charge in [0.1, 0.15) is 11.5 Å². The number of rotatable bonds is 33. The lowest BCUT2D eigenvalue weighted by molar-refractivity contribution is 0.0627. The maximum atomic E-state index is 12.8. The molecular formula is C50H76O4. The molecule has 3 aromatic carbocycles. The summed E-state index contributed by atoms with van der Waals surface area (Å²) >= 11 is 0. The van der Waals surface area contributed by atoms with E-state index in [1.807, 2.05) is 36.4 Å². The first-order valence-electron chi connectivity index (χ1n) is 22.4. The Hall–Kier alpha value is -3.11. The van der Waals surface area contributed by atoms with Gasteiger partial charge in [-0.15, -0.1) is 0 Å². The minimum absolute atomic E-state index is 0.0809. The van der Waals surface area contributed by atoms with Crippen LogP contribution >= 0.6 is 0 Å². The van der Waals surface area contributed by atoms with Crippen molar-refractivity contribution in [1.29, 1.82) is 0 Å². The molecule has 54 heavy (non-hydrogen) atoms. The molecule has 300 valence electrons. The normalized spacial score (nSPS) is 11.8. The molecule has 3 aromatic rings. The minimum Gasteiger partial charge on any atom is -0.494 e. The third kappa shape index (κ3) is 20.5. The molecule has 0 saturated carbocycles. The molecule has 0 aliphatic rings. The van der Waals surface area contributed by atoms with Crippen molar-refractivity contribution in [3.05, 3.63) is 83.9 Å². The van der Waals surface area contributed by atoms with E-state index >= 15 is 0 Å². The highest BCUT2D eigenvalue weighted by atomic mass is 16.5. The van der Waals surface area contributed by atoms with Gasteiger partial charge in [0.15, 0.2) is 0 Å². The molecule has 0 N–H and O–H groups in total. The van der Waals surface area contributed by atoms with Crippen molar-refractivity contribution in [1.82, 2.24) is 0 Å². The van der Waals surface area contributed by atoms with E-state index in [2.05, 4.69) is 45.0 Å². The predicted molar refractivity (Wildman–Crippen MR) is 230 cm³/mol. The predicted octanol–water partition coefficient (Wildman–Crippen LogP) is 15.8. The summed E-state index contributed by atoms with van der Waals surface area (Å²) in [7, 11) is 0. The van der Waals surface area contributed by atoms with Crippen LogP contribution in [0.4, 0.5) is 0 Å². The van der Waals surface area contributed by atoms with Crippen molar-refractivity contribution in [3.8, 4) is 22.6 Å². The van der Waals surface area contributed by atoms with Crippen molar-refractivity contribution in [2.24, 2.45) is 0 Å². The van der Waals surface area contributed by atoms with Crippen molar-refractivity contribution >= 4 is 5.97 Å². The number of benzene rings is 3. The van der Waals surface area contributed by atoms with E-state index in [1.54, 1.807) is 12.1 Å². The number of esters is 1. The third-order valence-corrected chi connectivity index (χ3v) is 10.8. The third-order valence-electron chi connectivity index (χ3n) is 10.8. The van der Waals surface area contributed by atoms with Crippen LogP contribution in [0.3, 0.4) is 0 Å². The maximum absolute atomic E-state index is 12.8. The van der Waals surface area contributed by atoms with E-state index in [-0.39, 0.29) is 12.1 Å². The number of hydrogen-bond donors (Lipinski definition) is 0. The molecular weight excluding hydrogens is 665 g/mol. The van der Waals surface area contributed by atoms with Gasteiger partial charge in [-0.25, -0.2) is 4.79 Å². The summed E-state index contributed by atoms with van der Waals surface area (Å²) in [5.74, 6) is 0.945. The summed E-state index contributed by atoms with van der Waals surface area (Å²) < 4.78 is 17.7. The first-order chi connectivity index (χ1) is 26.6. The molecule has 0 spiro atoms. The fourth-order valence-electron chi connectivity index (χ4n) is 7.12. The van der Waals surface area contributed by atoms with E-state index in [4.69, 9.17) is 14.2 Å². The zero-order valence-corrected chi connectivity index (χ0v) is 34.7. The number of ether oxygens (including phenoxy) is 3. The van der Waals surface area contributed by atoms with Crippen LogP contribution < -0.4 is 9.47 Å². The second-order valence-corrected chi connectivity index (χ2v) is 15.6. The molecule has 0 aliphatic carbocycles. The summed E-state index contributed by atoms with van der Waals surface area (Å²) in [4.78, 5) is 12.8. The van der Waals surface area contributed by atoms with Gasteiger partial charge < -0.3 is 14.2 Å². The Morgan fingerprint density at radius 3 is 1.26 bits per heavy atom. The van der Waals surface area contributed by atoms with Gasteiger partial charge in [-0.3, -0.25) is 0 Å². The molecule has 0 radical (unpaired) electrons. The quantitative estimate of drug-likeness (QED) is 0.0354. The molecule has 0 aliphatic heterocycles. The van der Waals surface area contributed by atoms with Crippen LogP contribution in [-0.4, -0.2) is 19.2 Å². The lowest BCUT2D eigenvalue weighted by Crippen LogP contribution is -2.08. The Bertz CT molecular complexity index is 1310. The lowest BCUT2D eigenvalue weighted by atomic mass is 10.0. The first kappa shape index (κ1) is 45.3. The van der Waals surface area contributed by atoms with Crippen molar-refractivity contribution < 1.29 is 19.0 Å². The Balaban J connectivity index is 1.21. The number of unbranched alkanes of at least 4 members (excludes halogenated alkanes) is 23. The van der Waals surface area contributed by atoms with Crippen LogP contribution in [0.25, 0.3) is 11.1 Å². The molecule has 4 nitrogen and oxygen atoms in total. The molecule has 4 heteroatoms. The summed E-state index contributed by atoms with van der Waals surface area (Å²) in [6.45, 7) is 8.21. The molecule has 1 atom stereocenters. The van der Waals surface area contributed by atoms with E-state index in [0.29, 0.717) is 17.9 Å². The fraction of sp³-hybridized carbons (Fsp3) is 0.620. The average Bonchev–Trinajstić information content (AvgIpc) is 3.20. The van der Waals surface area contributed by atoms with Gasteiger partial charge in [0.25, 0.3) is 0 Å². The Labute approximate surface area is 331 Å². The van der Waals surface area contributed by atoms with Crippen molar-refractivity contribution in [2.75, 3.05) is 13.2 Å². The maximum Gasteiger partial charge on any atom is 0.343 e. The number of carbonyl (C=O) groups is 1.